The minimum Gasteiger partial charge on any atom is -0.358 e. The lowest BCUT2D eigenvalue weighted by molar-refractivity contribution is -0.948. The second kappa shape index (κ2) is 5.34. The largest absolute Gasteiger partial charge is 0.358 e. The van der Waals surface area contributed by atoms with Gasteiger partial charge in [0.15, 0.2) is 4.93 Å². The van der Waals surface area contributed by atoms with Crippen molar-refractivity contribution in [2.75, 3.05) is 38.5 Å². The quantitative estimate of drug-likeness (QED) is 0.573. The van der Waals surface area contributed by atoms with E-state index in [4.69, 9.17) is 4.74 Å². The van der Waals surface area contributed by atoms with E-state index in [-0.39, 0.29) is 4.93 Å². The number of piperidine rings is 3. The van der Waals surface area contributed by atoms with Crippen molar-refractivity contribution < 1.29 is 9.22 Å². The van der Waals surface area contributed by atoms with Gasteiger partial charge in [-0.2, -0.15) is 0 Å². The molecule has 4 aliphatic heterocycles. The number of hydrogen-bond acceptors (Lipinski definition) is 2. The van der Waals surface area contributed by atoms with Crippen LogP contribution in [0.25, 0.3) is 0 Å². The summed E-state index contributed by atoms with van der Waals surface area (Å²) >= 11 is 2.15. The fourth-order valence-electron chi connectivity index (χ4n) is 4.23. The molecule has 1 spiro atoms. The van der Waals surface area contributed by atoms with Crippen LogP contribution in [0.1, 0.15) is 45.4 Å². The summed E-state index contributed by atoms with van der Waals surface area (Å²) in [5, 5.41) is 0. The van der Waals surface area contributed by atoms with Crippen LogP contribution in [0.5, 0.6) is 0 Å². The number of ether oxygens (including phenoxy) is 1. The third-order valence-corrected chi connectivity index (χ3v) is 6.86. The van der Waals surface area contributed by atoms with Gasteiger partial charge in [0.2, 0.25) is 0 Å². The summed E-state index contributed by atoms with van der Waals surface area (Å²) in [7, 11) is 0. The van der Waals surface area contributed by atoms with Crippen LogP contribution in [-0.2, 0) is 4.74 Å². The van der Waals surface area contributed by atoms with Crippen LogP contribution in [0, 0.1) is 5.92 Å². The van der Waals surface area contributed by atoms with Crippen molar-refractivity contribution in [3.8, 4) is 0 Å². The first-order valence-electron chi connectivity index (χ1n) is 7.92. The van der Waals surface area contributed by atoms with Crippen molar-refractivity contribution in [3.05, 3.63) is 0 Å². The molecule has 104 valence electrons. The van der Waals surface area contributed by atoms with Gasteiger partial charge in [-0.1, -0.05) is 13.3 Å². The maximum atomic E-state index is 6.32. The number of hydrogen-bond donors (Lipinski definition) is 0. The number of quaternary nitrogens is 1. The van der Waals surface area contributed by atoms with Gasteiger partial charge in [0.05, 0.1) is 19.6 Å². The molecule has 3 heteroatoms. The van der Waals surface area contributed by atoms with Gasteiger partial charge in [-0.3, -0.25) is 0 Å². The van der Waals surface area contributed by atoms with E-state index in [1.807, 2.05) is 0 Å². The highest BCUT2D eigenvalue weighted by Gasteiger charge is 2.56. The standard InChI is InChI=1S/C15H28NOS/c1-2-3-4-8-16-9-6-14(7-10-16)15(13-16)17-11-5-12-18-15/h14H,2-13H2,1H3/q+1. The Balaban J connectivity index is 1.68. The third kappa shape index (κ3) is 2.34. The van der Waals surface area contributed by atoms with Gasteiger partial charge >= 0.3 is 0 Å². The van der Waals surface area contributed by atoms with Crippen molar-refractivity contribution in [2.24, 2.45) is 5.92 Å². The molecule has 4 saturated heterocycles. The van der Waals surface area contributed by atoms with E-state index < -0.39 is 0 Å². The highest BCUT2D eigenvalue weighted by atomic mass is 32.2. The molecule has 2 nitrogen and oxygen atoms in total. The third-order valence-electron chi connectivity index (χ3n) is 5.30. The Kier molecular flexibility index (Phi) is 3.93. The molecule has 0 saturated carbocycles. The first-order valence-corrected chi connectivity index (χ1v) is 8.90. The minimum absolute atomic E-state index is 0.223. The first kappa shape index (κ1) is 13.3. The molecule has 0 radical (unpaired) electrons. The van der Waals surface area contributed by atoms with Gasteiger partial charge in [-0.05, 0) is 25.0 Å². The van der Waals surface area contributed by atoms with E-state index in [2.05, 4.69) is 18.7 Å². The van der Waals surface area contributed by atoms with Gasteiger partial charge < -0.3 is 9.22 Å². The lowest BCUT2D eigenvalue weighted by atomic mass is 9.82. The Morgan fingerprint density at radius 3 is 2.78 bits per heavy atom. The Bertz CT molecular complexity index is 280. The van der Waals surface area contributed by atoms with Gasteiger partial charge in [0.25, 0.3) is 0 Å². The molecule has 0 aromatic rings. The molecule has 0 aromatic carbocycles. The molecule has 0 aliphatic carbocycles. The zero-order valence-corrected chi connectivity index (χ0v) is 12.6. The minimum atomic E-state index is 0.223. The van der Waals surface area contributed by atoms with E-state index in [0.717, 1.165) is 12.5 Å². The number of thioether (sulfide) groups is 1. The Morgan fingerprint density at radius 2 is 2.11 bits per heavy atom. The Morgan fingerprint density at radius 1 is 1.28 bits per heavy atom. The predicted molar refractivity (Wildman–Crippen MR) is 77.7 cm³/mol. The fraction of sp³-hybridized carbons (Fsp3) is 1.00. The monoisotopic (exact) mass is 270 g/mol. The second-order valence-corrected chi connectivity index (χ2v) is 7.90. The van der Waals surface area contributed by atoms with Crippen molar-refractivity contribution in [3.63, 3.8) is 0 Å². The summed E-state index contributed by atoms with van der Waals surface area (Å²) in [5.41, 5.74) is 0. The molecule has 4 fully saturated rings. The summed E-state index contributed by atoms with van der Waals surface area (Å²) in [6.07, 6.45) is 8.26. The average molecular weight is 270 g/mol. The first-order chi connectivity index (χ1) is 8.79. The molecule has 0 aromatic heterocycles. The Hall–Kier alpha value is 0.270. The molecular weight excluding hydrogens is 242 g/mol. The van der Waals surface area contributed by atoms with Crippen LogP contribution in [0.3, 0.4) is 0 Å². The zero-order valence-electron chi connectivity index (χ0n) is 11.8. The van der Waals surface area contributed by atoms with Gasteiger partial charge in [-0.25, -0.2) is 0 Å². The zero-order chi connectivity index (χ0) is 12.5. The van der Waals surface area contributed by atoms with Gasteiger partial charge in [0.1, 0.15) is 6.54 Å². The van der Waals surface area contributed by atoms with Crippen LogP contribution in [0.4, 0.5) is 0 Å². The molecule has 0 amide bonds. The molecule has 18 heavy (non-hydrogen) atoms. The molecule has 0 N–H and O–H groups in total. The summed E-state index contributed by atoms with van der Waals surface area (Å²) < 4.78 is 7.70. The van der Waals surface area contributed by atoms with E-state index in [1.54, 1.807) is 0 Å². The van der Waals surface area contributed by atoms with E-state index >= 15 is 0 Å². The summed E-state index contributed by atoms with van der Waals surface area (Å²) in [6.45, 7) is 8.90. The lowest BCUT2D eigenvalue weighted by Crippen LogP contribution is -2.69. The maximum absolute atomic E-state index is 6.32. The summed E-state index contributed by atoms with van der Waals surface area (Å²) in [5.74, 6) is 2.18. The topological polar surface area (TPSA) is 9.23 Å². The average Bonchev–Trinajstić information content (AvgIpc) is 2.41. The SMILES string of the molecule is CCCCC[N+]12CCC(CC1)C1(C2)OCCCS1. The molecule has 1 atom stereocenters. The van der Waals surface area contributed by atoms with Crippen molar-refractivity contribution >= 4 is 11.8 Å². The van der Waals surface area contributed by atoms with Crippen molar-refractivity contribution in [1.82, 2.24) is 0 Å². The van der Waals surface area contributed by atoms with E-state index in [0.29, 0.717) is 0 Å². The number of fused-ring (bicyclic) bond motifs is 2. The highest BCUT2D eigenvalue weighted by molar-refractivity contribution is 8.00. The maximum Gasteiger partial charge on any atom is 0.165 e. The summed E-state index contributed by atoms with van der Waals surface area (Å²) in [4.78, 5) is 0.223. The molecule has 4 aliphatic rings. The lowest BCUT2D eigenvalue weighted by Gasteiger charge is -2.58. The van der Waals surface area contributed by atoms with Crippen LogP contribution < -0.4 is 0 Å². The smallest absolute Gasteiger partial charge is 0.165 e. The fourth-order valence-corrected chi connectivity index (χ4v) is 5.84. The molecule has 4 rings (SSSR count). The molecule has 4 heterocycles. The van der Waals surface area contributed by atoms with E-state index in [1.165, 1.54) is 74.9 Å². The molecule has 2 bridgehead atoms. The normalized spacial score (nSPS) is 43.5. The highest BCUT2D eigenvalue weighted by Crippen LogP contribution is 2.50. The van der Waals surface area contributed by atoms with Crippen LogP contribution in [0.15, 0.2) is 0 Å². The second-order valence-electron chi connectivity index (χ2n) is 6.51. The predicted octanol–water partition coefficient (Wildman–Crippen LogP) is 3.27. The summed E-state index contributed by atoms with van der Waals surface area (Å²) in [6, 6.07) is 0. The molecule has 1 unspecified atom stereocenters. The number of rotatable bonds is 4. The van der Waals surface area contributed by atoms with Gasteiger partial charge in [0, 0.05) is 25.4 Å². The number of unbranched alkanes of at least 4 members (excludes halogenated alkanes) is 2. The van der Waals surface area contributed by atoms with Gasteiger partial charge in [-0.15, -0.1) is 11.8 Å². The van der Waals surface area contributed by atoms with Crippen molar-refractivity contribution in [1.29, 1.82) is 0 Å². The van der Waals surface area contributed by atoms with Crippen LogP contribution in [-0.4, -0.2) is 48.0 Å². The Labute approximate surface area is 116 Å². The molecular formula is C15H28NOS+. The van der Waals surface area contributed by atoms with Crippen molar-refractivity contribution in [2.45, 2.75) is 50.4 Å². The van der Waals surface area contributed by atoms with Crippen LogP contribution in [0.2, 0.25) is 0 Å². The van der Waals surface area contributed by atoms with E-state index in [9.17, 15) is 0 Å². The number of nitrogens with zero attached hydrogens (tertiary/aromatic N) is 1. The van der Waals surface area contributed by atoms with Crippen LogP contribution >= 0.6 is 11.8 Å².